The molecule has 0 saturated carbocycles. The normalized spacial score (nSPS) is 31.9. The van der Waals surface area contributed by atoms with Crippen molar-refractivity contribution in [1.82, 2.24) is 0 Å². The molecule has 4 heteroatoms. The molecule has 0 amide bonds. The quantitative estimate of drug-likeness (QED) is 0.620. The Morgan fingerprint density at radius 2 is 1.12 bits per heavy atom. The molecule has 0 aromatic carbocycles. The zero-order chi connectivity index (χ0) is 11.7. The van der Waals surface area contributed by atoms with E-state index in [0.29, 0.717) is 0 Å². The van der Waals surface area contributed by atoms with Crippen LogP contribution in [0.5, 0.6) is 0 Å². The molecule has 0 aromatic heterocycles. The molecule has 2 fully saturated rings. The first-order chi connectivity index (χ1) is 7.58. The molecular weight excluding hydrogens is 208 g/mol. The van der Waals surface area contributed by atoms with Crippen LogP contribution >= 0.6 is 0 Å². The molecule has 16 heavy (non-hydrogen) atoms. The SMILES string of the molecule is CC(C)O[C@@H]([C@H](OC(C)C)[C@@H]1CO1)[C@@H]1CO1. The highest BCUT2D eigenvalue weighted by Crippen LogP contribution is 2.30. The minimum atomic E-state index is 0.00917. The molecule has 2 aliphatic heterocycles. The van der Waals surface area contributed by atoms with Gasteiger partial charge in [0.25, 0.3) is 0 Å². The van der Waals surface area contributed by atoms with Gasteiger partial charge in [-0.05, 0) is 27.7 Å². The molecule has 2 heterocycles. The van der Waals surface area contributed by atoms with Crippen LogP contribution in [-0.2, 0) is 18.9 Å². The van der Waals surface area contributed by atoms with Gasteiger partial charge in [0.1, 0.15) is 24.4 Å². The first-order valence-electron chi connectivity index (χ1n) is 6.12. The second kappa shape index (κ2) is 5.00. The zero-order valence-corrected chi connectivity index (χ0v) is 10.5. The lowest BCUT2D eigenvalue weighted by molar-refractivity contribution is -0.125. The summed E-state index contributed by atoms with van der Waals surface area (Å²) in [6, 6.07) is 0. The summed E-state index contributed by atoms with van der Waals surface area (Å²) in [5.41, 5.74) is 0. The van der Waals surface area contributed by atoms with Crippen LogP contribution in [0.25, 0.3) is 0 Å². The summed E-state index contributed by atoms with van der Waals surface area (Å²) in [6.45, 7) is 9.71. The predicted molar refractivity (Wildman–Crippen MR) is 59.5 cm³/mol. The molecule has 0 radical (unpaired) electrons. The molecule has 0 bridgehead atoms. The second-order valence-electron chi connectivity index (χ2n) is 5.04. The summed E-state index contributed by atoms with van der Waals surface area (Å²) < 4.78 is 22.5. The summed E-state index contributed by atoms with van der Waals surface area (Å²) in [4.78, 5) is 0. The van der Waals surface area contributed by atoms with Crippen molar-refractivity contribution in [3.8, 4) is 0 Å². The smallest absolute Gasteiger partial charge is 0.115 e. The minimum absolute atomic E-state index is 0.00917. The Labute approximate surface area is 97.2 Å². The minimum Gasteiger partial charge on any atom is -0.370 e. The molecule has 0 aliphatic carbocycles. The lowest BCUT2D eigenvalue weighted by Crippen LogP contribution is -2.42. The highest BCUT2D eigenvalue weighted by atomic mass is 16.6. The molecule has 94 valence electrons. The predicted octanol–water partition coefficient (Wildman–Crippen LogP) is 1.37. The molecule has 2 saturated heterocycles. The Hall–Kier alpha value is -0.160. The molecule has 0 unspecified atom stereocenters. The van der Waals surface area contributed by atoms with Gasteiger partial charge in [0.15, 0.2) is 0 Å². The fourth-order valence-electron chi connectivity index (χ4n) is 1.87. The molecule has 2 aliphatic rings. The summed E-state index contributed by atoms with van der Waals surface area (Å²) in [5.74, 6) is 0. The molecule has 4 atom stereocenters. The van der Waals surface area contributed by atoms with Crippen LogP contribution in [0.3, 0.4) is 0 Å². The molecule has 2 rings (SSSR count). The number of hydrogen-bond acceptors (Lipinski definition) is 4. The highest BCUT2D eigenvalue weighted by molar-refractivity contribution is 4.95. The topological polar surface area (TPSA) is 43.5 Å². The fourth-order valence-corrected chi connectivity index (χ4v) is 1.87. The van der Waals surface area contributed by atoms with Gasteiger partial charge in [-0.2, -0.15) is 0 Å². The van der Waals surface area contributed by atoms with Crippen molar-refractivity contribution in [2.75, 3.05) is 13.2 Å². The van der Waals surface area contributed by atoms with E-state index in [1.54, 1.807) is 0 Å². The third-order valence-electron chi connectivity index (χ3n) is 2.63. The lowest BCUT2D eigenvalue weighted by Gasteiger charge is -2.28. The van der Waals surface area contributed by atoms with Crippen LogP contribution in [0.4, 0.5) is 0 Å². The van der Waals surface area contributed by atoms with Crippen LogP contribution in [0.1, 0.15) is 27.7 Å². The standard InChI is InChI=1S/C12H22O4/c1-7(2)15-11(9-5-13-9)12(10-6-14-10)16-8(3)4/h7-12H,5-6H2,1-4H3/t9-,10-,11+,12+/m0/s1. The van der Waals surface area contributed by atoms with E-state index in [4.69, 9.17) is 18.9 Å². The lowest BCUT2D eigenvalue weighted by atomic mass is 10.1. The molecule has 4 nitrogen and oxygen atoms in total. The molecule has 0 aromatic rings. The van der Waals surface area contributed by atoms with E-state index in [1.165, 1.54) is 0 Å². The highest BCUT2D eigenvalue weighted by Gasteiger charge is 2.48. The van der Waals surface area contributed by atoms with Gasteiger partial charge in [0.05, 0.1) is 25.4 Å². The largest absolute Gasteiger partial charge is 0.370 e. The summed E-state index contributed by atoms with van der Waals surface area (Å²) in [6.07, 6.45) is 0.771. The van der Waals surface area contributed by atoms with Crippen molar-refractivity contribution >= 4 is 0 Å². The van der Waals surface area contributed by atoms with Gasteiger partial charge >= 0.3 is 0 Å². The Morgan fingerprint density at radius 1 is 0.812 bits per heavy atom. The Bertz CT molecular complexity index is 197. The van der Waals surface area contributed by atoms with Crippen molar-refractivity contribution in [3.05, 3.63) is 0 Å². The van der Waals surface area contributed by atoms with Gasteiger partial charge in [-0.3, -0.25) is 0 Å². The van der Waals surface area contributed by atoms with Crippen molar-refractivity contribution in [2.45, 2.75) is 64.3 Å². The average molecular weight is 230 g/mol. The second-order valence-corrected chi connectivity index (χ2v) is 5.04. The van der Waals surface area contributed by atoms with Crippen LogP contribution in [0.2, 0.25) is 0 Å². The van der Waals surface area contributed by atoms with Gasteiger partial charge in [-0.15, -0.1) is 0 Å². The van der Waals surface area contributed by atoms with E-state index >= 15 is 0 Å². The maximum Gasteiger partial charge on any atom is 0.115 e. The van der Waals surface area contributed by atoms with Crippen LogP contribution in [0, 0.1) is 0 Å². The first kappa shape index (κ1) is 12.3. The zero-order valence-electron chi connectivity index (χ0n) is 10.5. The Balaban J connectivity index is 1.95. The van der Waals surface area contributed by atoms with Crippen molar-refractivity contribution in [1.29, 1.82) is 0 Å². The molecule has 0 spiro atoms. The molecule has 0 N–H and O–H groups in total. The van der Waals surface area contributed by atoms with E-state index in [0.717, 1.165) is 13.2 Å². The fraction of sp³-hybridized carbons (Fsp3) is 1.00. The van der Waals surface area contributed by atoms with E-state index in [-0.39, 0.29) is 36.6 Å². The van der Waals surface area contributed by atoms with Crippen LogP contribution in [0.15, 0.2) is 0 Å². The summed E-state index contributed by atoms with van der Waals surface area (Å²) in [5, 5.41) is 0. The summed E-state index contributed by atoms with van der Waals surface area (Å²) in [7, 11) is 0. The van der Waals surface area contributed by atoms with Gasteiger partial charge in [-0.25, -0.2) is 0 Å². The van der Waals surface area contributed by atoms with Gasteiger partial charge in [0.2, 0.25) is 0 Å². The van der Waals surface area contributed by atoms with Gasteiger partial charge in [0, 0.05) is 0 Å². The number of epoxide rings is 2. The van der Waals surface area contributed by atoms with Gasteiger partial charge in [-0.1, -0.05) is 0 Å². The van der Waals surface area contributed by atoms with E-state index in [2.05, 4.69) is 0 Å². The van der Waals surface area contributed by atoms with E-state index in [1.807, 2.05) is 27.7 Å². The maximum absolute atomic E-state index is 5.91. The maximum atomic E-state index is 5.91. The van der Waals surface area contributed by atoms with Gasteiger partial charge < -0.3 is 18.9 Å². The monoisotopic (exact) mass is 230 g/mol. The third-order valence-corrected chi connectivity index (χ3v) is 2.63. The Morgan fingerprint density at radius 3 is 1.31 bits per heavy atom. The van der Waals surface area contributed by atoms with Crippen molar-refractivity contribution in [3.63, 3.8) is 0 Å². The van der Waals surface area contributed by atoms with Crippen molar-refractivity contribution in [2.24, 2.45) is 0 Å². The molecular formula is C12H22O4. The van der Waals surface area contributed by atoms with Crippen LogP contribution < -0.4 is 0 Å². The summed E-state index contributed by atoms with van der Waals surface area (Å²) >= 11 is 0. The average Bonchev–Trinajstić information content (AvgIpc) is 3.01. The Kier molecular flexibility index (Phi) is 3.85. The van der Waals surface area contributed by atoms with Crippen molar-refractivity contribution < 1.29 is 18.9 Å². The van der Waals surface area contributed by atoms with E-state index in [9.17, 15) is 0 Å². The first-order valence-corrected chi connectivity index (χ1v) is 6.12. The number of ether oxygens (including phenoxy) is 4. The third kappa shape index (κ3) is 3.42. The number of hydrogen-bond donors (Lipinski definition) is 0. The van der Waals surface area contributed by atoms with Crippen LogP contribution in [-0.4, -0.2) is 49.8 Å². The van der Waals surface area contributed by atoms with E-state index < -0.39 is 0 Å². The number of rotatable bonds is 7.